The molecule has 4 aromatic carbocycles. The molecule has 0 aliphatic heterocycles. The van der Waals surface area contributed by atoms with E-state index in [4.69, 9.17) is 0 Å². The van der Waals surface area contributed by atoms with Gasteiger partial charge in [0.05, 0.1) is 10.6 Å². The largest absolute Gasteiger partial charge is 0.321 e. The minimum atomic E-state index is -3.73. The molecule has 4 aromatic rings. The zero-order valence-electron chi connectivity index (χ0n) is 18.4. The standard InChI is InChI=1S/C27H22N2O4S/c1-19-12-17-25(24(18-19)26(30)20-8-4-2-5-9-20)28-27(31)21-13-15-22(16-14-21)29-34(32,33)23-10-6-3-7-11-23/h2-18,29H,1H3,(H,28,31). The van der Waals surface area contributed by atoms with E-state index >= 15 is 0 Å². The molecule has 0 bridgehead atoms. The van der Waals surface area contributed by atoms with E-state index in [1.165, 1.54) is 36.4 Å². The molecule has 0 radical (unpaired) electrons. The maximum Gasteiger partial charge on any atom is 0.261 e. The van der Waals surface area contributed by atoms with Crippen LogP contribution in [0.2, 0.25) is 0 Å². The summed E-state index contributed by atoms with van der Waals surface area (Å²) < 4.78 is 27.5. The summed E-state index contributed by atoms with van der Waals surface area (Å²) >= 11 is 0. The molecule has 2 N–H and O–H groups in total. The number of hydrogen-bond donors (Lipinski definition) is 2. The van der Waals surface area contributed by atoms with Crippen molar-refractivity contribution in [3.8, 4) is 0 Å². The number of aryl methyl sites for hydroxylation is 1. The Kier molecular flexibility index (Phi) is 6.56. The van der Waals surface area contributed by atoms with Crippen LogP contribution < -0.4 is 10.0 Å². The Morgan fingerprint density at radius 1 is 0.706 bits per heavy atom. The molecule has 0 atom stereocenters. The Bertz CT molecular complexity index is 1430. The first-order valence-corrected chi connectivity index (χ1v) is 12.0. The van der Waals surface area contributed by atoms with Crippen LogP contribution in [-0.4, -0.2) is 20.1 Å². The predicted molar refractivity (Wildman–Crippen MR) is 133 cm³/mol. The molecular formula is C27H22N2O4S. The van der Waals surface area contributed by atoms with E-state index in [0.29, 0.717) is 28.1 Å². The normalized spacial score (nSPS) is 11.0. The van der Waals surface area contributed by atoms with Gasteiger partial charge in [0.1, 0.15) is 0 Å². The second-order valence-electron chi connectivity index (χ2n) is 7.69. The molecule has 0 saturated carbocycles. The second kappa shape index (κ2) is 9.72. The topological polar surface area (TPSA) is 92.3 Å². The highest BCUT2D eigenvalue weighted by atomic mass is 32.2. The predicted octanol–water partition coefficient (Wildman–Crippen LogP) is 5.28. The van der Waals surface area contributed by atoms with Crippen molar-refractivity contribution in [2.24, 2.45) is 0 Å². The number of anilines is 2. The van der Waals surface area contributed by atoms with Gasteiger partial charge in [-0.1, -0.05) is 60.2 Å². The molecule has 0 aliphatic carbocycles. The smallest absolute Gasteiger partial charge is 0.261 e. The highest BCUT2D eigenvalue weighted by molar-refractivity contribution is 7.92. The van der Waals surface area contributed by atoms with Crippen molar-refractivity contribution in [2.45, 2.75) is 11.8 Å². The molecular weight excluding hydrogens is 448 g/mol. The van der Waals surface area contributed by atoms with Crippen molar-refractivity contribution < 1.29 is 18.0 Å². The quantitative estimate of drug-likeness (QED) is 0.360. The van der Waals surface area contributed by atoms with E-state index < -0.39 is 15.9 Å². The molecule has 0 aliphatic rings. The summed E-state index contributed by atoms with van der Waals surface area (Å²) in [6.07, 6.45) is 0. The fraction of sp³-hybridized carbons (Fsp3) is 0.0370. The Hall–Kier alpha value is -4.23. The van der Waals surface area contributed by atoms with Crippen LogP contribution in [0, 0.1) is 6.92 Å². The fourth-order valence-corrected chi connectivity index (χ4v) is 4.48. The number of carbonyl (C=O) groups is 2. The molecule has 0 unspecified atom stereocenters. The van der Waals surface area contributed by atoms with Crippen molar-refractivity contribution in [2.75, 3.05) is 10.0 Å². The van der Waals surface area contributed by atoms with Gasteiger partial charge in [-0.2, -0.15) is 0 Å². The third-order valence-electron chi connectivity index (χ3n) is 5.16. The van der Waals surface area contributed by atoms with Gasteiger partial charge < -0.3 is 5.32 Å². The van der Waals surface area contributed by atoms with Crippen LogP contribution >= 0.6 is 0 Å². The van der Waals surface area contributed by atoms with Crippen LogP contribution in [0.25, 0.3) is 0 Å². The number of hydrogen-bond acceptors (Lipinski definition) is 4. The molecule has 34 heavy (non-hydrogen) atoms. The second-order valence-corrected chi connectivity index (χ2v) is 9.38. The number of benzene rings is 4. The average molecular weight is 471 g/mol. The molecule has 0 spiro atoms. The summed E-state index contributed by atoms with van der Waals surface area (Å²) in [6, 6.07) is 28.2. The zero-order valence-corrected chi connectivity index (χ0v) is 19.2. The summed E-state index contributed by atoms with van der Waals surface area (Å²) in [5, 5.41) is 2.80. The lowest BCUT2D eigenvalue weighted by molar-refractivity contribution is 0.102. The maximum absolute atomic E-state index is 13.0. The highest BCUT2D eigenvalue weighted by Gasteiger charge is 2.17. The SMILES string of the molecule is Cc1ccc(NC(=O)c2ccc(NS(=O)(=O)c3ccccc3)cc2)c(C(=O)c2ccccc2)c1. The highest BCUT2D eigenvalue weighted by Crippen LogP contribution is 2.23. The first-order chi connectivity index (χ1) is 16.3. The monoisotopic (exact) mass is 470 g/mol. The first kappa shape index (κ1) is 22.9. The number of rotatable bonds is 7. The van der Waals surface area contributed by atoms with Crippen LogP contribution in [0.1, 0.15) is 31.8 Å². The van der Waals surface area contributed by atoms with Crippen molar-refractivity contribution >= 4 is 33.1 Å². The number of sulfonamides is 1. The molecule has 1 amide bonds. The van der Waals surface area contributed by atoms with Crippen LogP contribution in [0.4, 0.5) is 11.4 Å². The van der Waals surface area contributed by atoms with E-state index in [1.807, 2.05) is 19.1 Å². The molecule has 7 heteroatoms. The third-order valence-corrected chi connectivity index (χ3v) is 6.55. The van der Waals surface area contributed by atoms with Crippen molar-refractivity contribution in [1.29, 1.82) is 0 Å². The van der Waals surface area contributed by atoms with Crippen molar-refractivity contribution in [3.05, 3.63) is 125 Å². The number of ketones is 1. The lowest BCUT2D eigenvalue weighted by Crippen LogP contribution is -2.16. The van der Waals surface area contributed by atoms with Gasteiger partial charge in [-0.25, -0.2) is 8.42 Å². The molecule has 0 heterocycles. The Morgan fingerprint density at radius 3 is 1.97 bits per heavy atom. The summed E-state index contributed by atoms with van der Waals surface area (Å²) in [5.74, 6) is -0.603. The summed E-state index contributed by atoms with van der Waals surface area (Å²) in [5.41, 5.74) is 2.87. The Balaban J connectivity index is 1.52. The van der Waals surface area contributed by atoms with E-state index in [9.17, 15) is 18.0 Å². The molecule has 0 saturated heterocycles. The van der Waals surface area contributed by atoms with Gasteiger partial charge in [-0.05, 0) is 55.5 Å². The molecule has 170 valence electrons. The molecule has 4 rings (SSSR count). The summed E-state index contributed by atoms with van der Waals surface area (Å²) in [6.45, 7) is 1.88. The minimum Gasteiger partial charge on any atom is -0.321 e. The van der Waals surface area contributed by atoms with Crippen LogP contribution in [0.15, 0.2) is 108 Å². The Labute approximate surface area is 198 Å². The summed E-state index contributed by atoms with van der Waals surface area (Å²) in [7, 11) is -3.73. The third kappa shape index (κ3) is 5.22. The Morgan fingerprint density at radius 2 is 1.32 bits per heavy atom. The lowest BCUT2D eigenvalue weighted by atomic mass is 9.99. The van der Waals surface area contributed by atoms with Gasteiger partial charge in [0.2, 0.25) is 0 Å². The first-order valence-electron chi connectivity index (χ1n) is 10.5. The van der Waals surface area contributed by atoms with Crippen LogP contribution in [-0.2, 0) is 10.0 Å². The zero-order chi connectivity index (χ0) is 24.1. The van der Waals surface area contributed by atoms with Gasteiger partial charge >= 0.3 is 0 Å². The van der Waals surface area contributed by atoms with E-state index in [0.717, 1.165) is 5.56 Å². The fourth-order valence-electron chi connectivity index (χ4n) is 3.40. The van der Waals surface area contributed by atoms with E-state index in [-0.39, 0.29) is 10.7 Å². The van der Waals surface area contributed by atoms with E-state index in [2.05, 4.69) is 10.0 Å². The van der Waals surface area contributed by atoms with Crippen molar-refractivity contribution in [1.82, 2.24) is 0 Å². The van der Waals surface area contributed by atoms with Crippen LogP contribution in [0.5, 0.6) is 0 Å². The number of carbonyl (C=O) groups excluding carboxylic acids is 2. The van der Waals surface area contributed by atoms with Crippen LogP contribution in [0.3, 0.4) is 0 Å². The van der Waals surface area contributed by atoms with Gasteiger partial charge in [0.25, 0.3) is 15.9 Å². The summed E-state index contributed by atoms with van der Waals surface area (Å²) in [4.78, 5) is 26.0. The lowest BCUT2D eigenvalue weighted by Gasteiger charge is -2.12. The number of amides is 1. The van der Waals surface area contributed by atoms with Gasteiger partial charge in [-0.15, -0.1) is 0 Å². The average Bonchev–Trinajstić information content (AvgIpc) is 2.86. The van der Waals surface area contributed by atoms with Gasteiger partial charge in [0.15, 0.2) is 5.78 Å². The minimum absolute atomic E-state index is 0.145. The molecule has 0 fully saturated rings. The van der Waals surface area contributed by atoms with Gasteiger partial charge in [-0.3, -0.25) is 14.3 Å². The maximum atomic E-state index is 13.0. The van der Waals surface area contributed by atoms with Gasteiger partial charge in [0, 0.05) is 22.4 Å². The molecule has 0 aromatic heterocycles. The van der Waals surface area contributed by atoms with Crippen molar-refractivity contribution in [3.63, 3.8) is 0 Å². The number of nitrogens with one attached hydrogen (secondary N) is 2. The van der Waals surface area contributed by atoms with E-state index in [1.54, 1.807) is 54.6 Å². The molecule has 6 nitrogen and oxygen atoms in total.